The Hall–Kier alpha value is -1.83. The molecule has 2 aromatic heterocycles. The van der Waals surface area contributed by atoms with Crippen molar-refractivity contribution in [3.63, 3.8) is 0 Å². The van der Waals surface area contributed by atoms with Gasteiger partial charge >= 0.3 is 0 Å². The number of nitrogens with zero attached hydrogens (tertiary/aromatic N) is 2. The molecule has 0 fully saturated rings. The van der Waals surface area contributed by atoms with Crippen LogP contribution in [-0.2, 0) is 16.6 Å². The first-order valence-electron chi connectivity index (χ1n) is 7.55. The Morgan fingerprint density at radius 3 is 2.71 bits per heavy atom. The Kier molecular flexibility index (Phi) is 4.67. The van der Waals surface area contributed by atoms with Crippen molar-refractivity contribution in [2.45, 2.75) is 26.3 Å². The van der Waals surface area contributed by atoms with Gasteiger partial charge in [-0.05, 0) is 12.0 Å². The maximum absolute atomic E-state index is 11.5. The Morgan fingerprint density at radius 2 is 2.04 bits per heavy atom. The van der Waals surface area contributed by atoms with Crippen LogP contribution in [0.2, 0.25) is 0 Å². The third-order valence-electron chi connectivity index (χ3n) is 3.62. The minimum Gasteiger partial charge on any atom is -0.246 e. The molecule has 0 spiro atoms. The van der Waals surface area contributed by atoms with Gasteiger partial charge in [-0.1, -0.05) is 32.0 Å². The average molecular weight is 360 g/mol. The van der Waals surface area contributed by atoms with Crippen molar-refractivity contribution in [2.75, 3.05) is 6.26 Å². The summed E-state index contributed by atoms with van der Waals surface area (Å²) in [5, 5.41) is 3.85. The average Bonchev–Trinajstić information content (AvgIpc) is 3.01. The number of pyridine rings is 1. The zero-order valence-corrected chi connectivity index (χ0v) is 15.3. The van der Waals surface area contributed by atoms with Crippen LogP contribution in [0.25, 0.3) is 21.5 Å². The lowest BCUT2D eigenvalue weighted by Crippen LogP contribution is -2.21. The molecular weight excluding hydrogens is 342 g/mol. The van der Waals surface area contributed by atoms with Gasteiger partial charge in [0.1, 0.15) is 5.01 Å². The number of aromatic nitrogens is 2. The molecule has 1 N–H and O–H groups in total. The first-order valence-corrected chi connectivity index (χ1v) is 10.3. The molecule has 0 unspecified atom stereocenters. The Bertz CT molecular complexity index is 978. The number of para-hydroxylation sites is 1. The number of thiazole rings is 1. The molecule has 1 aromatic carbocycles. The van der Waals surface area contributed by atoms with E-state index in [-0.39, 0.29) is 6.54 Å². The molecule has 0 amide bonds. The molecule has 0 bridgehead atoms. The maximum Gasteiger partial charge on any atom is 0.209 e. The van der Waals surface area contributed by atoms with Gasteiger partial charge in [-0.3, -0.25) is 0 Å². The lowest BCUT2D eigenvalue weighted by Gasteiger charge is -2.10. The van der Waals surface area contributed by atoms with Gasteiger partial charge in [-0.2, -0.15) is 0 Å². The van der Waals surface area contributed by atoms with Gasteiger partial charge < -0.3 is 0 Å². The smallest absolute Gasteiger partial charge is 0.209 e. The second-order valence-corrected chi connectivity index (χ2v) is 8.61. The van der Waals surface area contributed by atoms with E-state index in [1.165, 1.54) is 0 Å². The molecule has 3 aromatic rings. The maximum atomic E-state index is 11.5. The van der Waals surface area contributed by atoms with Gasteiger partial charge in [0.05, 0.1) is 23.7 Å². The van der Waals surface area contributed by atoms with Gasteiger partial charge in [0, 0.05) is 28.4 Å². The van der Waals surface area contributed by atoms with Crippen LogP contribution in [-0.4, -0.2) is 24.6 Å². The summed E-state index contributed by atoms with van der Waals surface area (Å²) < 4.78 is 25.4. The fourth-order valence-electron chi connectivity index (χ4n) is 2.37. The van der Waals surface area contributed by atoms with E-state index >= 15 is 0 Å². The van der Waals surface area contributed by atoms with E-state index in [0.29, 0.717) is 11.5 Å². The molecule has 0 aliphatic rings. The molecule has 0 aliphatic carbocycles. The largest absolute Gasteiger partial charge is 0.246 e. The highest BCUT2D eigenvalue weighted by molar-refractivity contribution is 7.88. The van der Waals surface area contributed by atoms with Crippen LogP contribution in [0.1, 0.15) is 31.0 Å². The quantitative estimate of drug-likeness (QED) is 0.757. The van der Waals surface area contributed by atoms with Crippen LogP contribution in [0.3, 0.4) is 0 Å². The number of fused-ring (bicyclic) bond motifs is 1. The first kappa shape index (κ1) is 17.0. The summed E-state index contributed by atoms with van der Waals surface area (Å²) >= 11 is 1.56. The van der Waals surface area contributed by atoms with E-state index in [4.69, 9.17) is 4.98 Å². The summed E-state index contributed by atoms with van der Waals surface area (Å²) in [6, 6.07) is 7.76. The molecule has 0 aliphatic heterocycles. The third-order valence-corrected chi connectivity index (χ3v) is 5.17. The first-order chi connectivity index (χ1) is 11.3. The topological polar surface area (TPSA) is 72.0 Å². The molecule has 0 saturated carbocycles. The Morgan fingerprint density at radius 1 is 1.29 bits per heavy atom. The van der Waals surface area contributed by atoms with E-state index in [1.54, 1.807) is 11.3 Å². The van der Waals surface area contributed by atoms with Gasteiger partial charge in [0.25, 0.3) is 0 Å². The Labute approximate surface area is 145 Å². The summed E-state index contributed by atoms with van der Waals surface area (Å²) in [7, 11) is -3.30. The van der Waals surface area contributed by atoms with E-state index in [9.17, 15) is 8.42 Å². The Balaban J connectivity index is 2.16. The highest BCUT2D eigenvalue weighted by Gasteiger charge is 2.16. The SMILES string of the molecule is CC(C)c1csc(-c2c(CNS(C)(=O)=O)[c]nc3ccccc23)n1. The molecule has 125 valence electrons. The molecule has 5 nitrogen and oxygen atoms in total. The highest BCUT2D eigenvalue weighted by Crippen LogP contribution is 2.34. The van der Waals surface area contributed by atoms with E-state index in [0.717, 1.165) is 33.4 Å². The molecule has 0 atom stereocenters. The normalized spacial score (nSPS) is 12.2. The van der Waals surface area contributed by atoms with Crippen LogP contribution in [0, 0.1) is 6.20 Å². The van der Waals surface area contributed by atoms with Crippen LogP contribution >= 0.6 is 11.3 Å². The number of hydrogen-bond acceptors (Lipinski definition) is 5. The zero-order valence-electron chi connectivity index (χ0n) is 13.7. The molecule has 24 heavy (non-hydrogen) atoms. The molecule has 2 heterocycles. The molecule has 7 heteroatoms. The van der Waals surface area contributed by atoms with Crippen molar-refractivity contribution in [3.8, 4) is 10.6 Å². The number of nitrogens with one attached hydrogen (secondary N) is 1. The van der Waals surface area contributed by atoms with E-state index < -0.39 is 10.0 Å². The predicted molar refractivity (Wildman–Crippen MR) is 97.5 cm³/mol. The van der Waals surface area contributed by atoms with Crippen molar-refractivity contribution in [1.82, 2.24) is 14.7 Å². The molecule has 3 rings (SSSR count). The predicted octanol–water partition coefficient (Wildman–Crippen LogP) is 3.33. The molecular formula is C17H18N3O2S2. The summed E-state index contributed by atoms with van der Waals surface area (Å²) in [4.78, 5) is 9.06. The van der Waals surface area contributed by atoms with Crippen molar-refractivity contribution < 1.29 is 8.42 Å². The third kappa shape index (κ3) is 3.63. The fourth-order valence-corrected chi connectivity index (χ4v) is 3.84. The van der Waals surface area contributed by atoms with Crippen molar-refractivity contribution in [1.29, 1.82) is 0 Å². The van der Waals surface area contributed by atoms with Gasteiger partial charge in [0.15, 0.2) is 0 Å². The summed E-state index contributed by atoms with van der Waals surface area (Å²) in [6.07, 6.45) is 4.12. The van der Waals surface area contributed by atoms with E-state index in [2.05, 4.69) is 29.8 Å². The summed E-state index contributed by atoms with van der Waals surface area (Å²) in [5.41, 5.74) is 3.44. The van der Waals surface area contributed by atoms with Crippen LogP contribution in [0.5, 0.6) is 0 Å². The van der Waals surface area contributed by atoms with Gasteiger partial charge in [-0.25, -0.2) is 23.1 Å². The number of rotatable bonds is 5. The standard InChI is InChI=1S/C17H18N3O2S2/c1-11(2)15-10-23-17(20-15)16-12(9-19-24(3,21)22)8-18-14-7-5-4-6-13(14)16/h4-7,10-11,19H,9H2,1-3H3. The molecule has 1 radical (unpaired) electrons. The summed E-state index contributed by atoms with van der Waals surface area (Å²) in [5.74, 6) is 0.338. The lowest BCUT2D eigenvalue weighted by molar-refractivity contribution is 0.587. The summed E-state index contributed by atoms with van der Waals surface area (Å²) in [6.45, 7) is 4.34. The number of hydrogen-bond donors (Lipinski definition) is 1. The number of benzene rings is 1. The van der Waals surface area contributed by atoms with Crippen LogP contribution in [0.15, 0.2) is 29.6 Å². The monoisotopic (exact) mass is 360 g/mol. The van der Waals surface area contributed by atoms with E-state index in [1.807, 2.05) is 29.6 Å². The second kappa shape index (κ2) is 6.58. The highest BCUT2D eigenvalue weighted by atomic mass is 32.2. The minimum absolute atomic E-state index is 0.141. The minimum atomic E-state index is -3.30. The number of sulfonamides is 1. The van der Waals surface area contributed by atoms with Crippen LogP contribution in [0.4, 0.5) is 0 Å². The fraction of sp³-hybridized carbons (Fsp3) is 0.294. The van der Waals surface area contributed by atoms with Crippen molar-refractivity contribution in [2.24, 2.45) is 0 Å². The van der Waals surface area contributed by atoms with Crippen molar-refractivity contribution >= 4 is 32.3 Å². The zero-order chi connectivity index (χ0) is 17.3. The molecule has 0 saturated heterocycles. The van der Waals surface area contributed by atoms with Crippen LogP contribution < -0.4 is 4.72 Å². The van der Waals surface area contributed by atoms with Gasteiger partial charge in [0.2, 0.25) is 10.0 Å². The second-order valence-electron chi connectivity index (χ2n) is 5.92. The van der Waals surface area contributed by atoms with Crippen molar-refractivity contribution in [3.05, 3.63) is 47.1 Å². The van der Waals surface area contributed by atoms with Gasteiger partial charge in [-0.15, -0.1) is 11.3 Å². The lowest BCUT2D eigenvalue weighted by atomic mass is 10.0.